The Bertz CT molecular complexity index is 1750. The second-order valence-corrected chi connectivity index (χ2v) is 11.6. The van der Waals surface area contributed by atoms with Crippen molar-refractivity contribution < 1.29 is 23.1 Å². The summed E-state index contributed by atoms with van der Waals surface area (Å²) in [5, 5.41) is 23.9. The summed E-state index contributed by atoms with van der Waals surface area (Å²) in [6.45, 7) is 3.02. The molecule has 2 fully saturated rings. The molecule has 0 aliphatic carbocycles. The molecule has 2 bridgehead atoms. The standard InChI is InChI=1S/C31H28F3N5O2/c1-31(2,41)15-38-29-19(14-37-38)10-23(27(33)28(29)34)21-7-5-17(30(40)39-20-6-8-26(39)25(36)12-20)9-22(21)16-3-4-18(13-35)24(32)11-16/h3-5,7,9-11,14,20,25-26,41H,6,8,12,15,36H2,1-2H3/t20-,25+,26+/m1/s1. The van der Waals surface area contributed by atoms with Crippen LogP contribution in [0, 0.1) is 28.8 Å². The average molecular weight is 560 g/mol. The van der Waals surface area contributed by atoms with Gasteiger partial charge in [-0.2, -0.15) is 10.4 Å². The van der Waals surface area contributed by atoms with Crippen molar-refractivity contribution in [2.24, 2.45) is 5.73 Å². The van der Waals surface area contributed by atoms with E-state index in [1.54, 1.807) is 18.2 Å². The number of carbonyl (C=O) groups is 1. The van der Waals surface area contributed by atoms with Gasteiger partial charge in [-0.25, -0.2) is 13.2 Å². The lowest BCUT2D eigenvalue weighted by Crippen LogP contribution is -2.40. The minimum atomic E-state index is -1.21. The van der Waals surface area contributed by atoms with Crippen molar-refractivity contribution in [2.75, 3.05) is 0 Å². The summed E-state index contributed by atoms with van der Waals surface area (Å²) in [7, 11) is 0. The van der Waals surface area contributed by atoms with Gasteiger partial charge in [0.2, 0.25) is 0 Å². The average Bonchev–Trinajstić information content (AvgIpc) is 3.61. The van der Waals surface area contributed by atoms with Crippen molar-refractivity contribution in [2.45, 2.75) is 63.4 Å². The Hall–Kier alpha value is -4.20. The van der Waals surface area contributed by atoms with Gasteiger partial charge in [0.15, 0.2) is 11.6 Å². The van der Waals surface area contributed by atoms with Gasteiger partial charge >= 0.3 is 0 Å². The van der Waals surface area contributed by atoms with Crippen LogP contribution in [0.15, 0.2) is 48.7 Å². The molecule has 3 heterocycles. The van der Waals surface area contributed by atoms with Crippen LogP contribution in [0.5, 0.6) is 0 Å². The highest BCUT2D eigenvalue weighted by atomic mass is 19.2. The molecule has 0 spiro atoms. The van der Waals surface area contributed by atoms with Gasteiger partial charge in [0.25, 0.3) is 5.91 Å². The first kappa shape index (κ1) is 27.0. The molecule has 3 aromatic carbocycles. The van der Waals surface area contributed by atoms with E-state index in [1.807, 2.05) is 4.90 Å². The van der Waals surface area contributed by atoms with Crippen molar-refractivity contribution >= 4 is 16.8 Å². The van der Waals surface area contributed by atoms with E-state index in [9.17, 15) is 19.6 Å². The largest absolute Gasteiger partial charge is 0.389 e. The number of aromatic nitrogens is 2. The van der Waals surface area contributed by atoms with Crippen molar-refractivity contribution in [3.05, 3.63) is 77.2 Å². The number of halogens is 3. The van der Waals surface area contributed by atoms with Crippen molar-refractivity contribution in [3.63, 3.8) is 0 Å². The van der Waals surface area contributed by atoms with Crippen LogP contribution < -0.4 is 5.73 Å². The predicted molar refractivity (Wildman–Crippen MR) is 147 cm³/mol. The van der Waals surface area contributed by atoms with Crippen LogP contribution in [0.3, 0.4) is 0 Å². The van der Waals surface area contributed by atoms with Crippen molar-refractivity contribution in [1.29, 1.82) is 5.26 Å². The van der Waals surface area contributed by atoms with Crippen LogP contribution in [-0.4, -0.2) is 49.4 Å². The number of aliphatic hydroxyl groups is 1. The lowest BCUT2D eigenvalue weighted by Gasteiger charge is -2.24. The number of nitriles is 1. The van der Waals surface area contributed by atoms with Crippen LogP contribution >= 0.6 is 0 Å². The Morgan fingerprint density at radius 3 is 2.51 bits per heavy atom. The fraction of sp³-hybridized carbons (Fsp3) is 0.323. The zero-order chi connectivity index (χ0) is 29.2. The van der Waals surface area contributed by atoms with Gasteiger partial charge in [0.1, 0.15) is 17.4 Å². The summed E-state index contributed by atoms with van der Waals surface area (Å²) in [5.74, 6) is -3.28. The summed E-state index contributed by atoms with van der Waals surface area (Å²) in [4.78, 5) is 15.5. The number of carbonyl (C=O) groups excluding carboxylic acids is 1. The molecule has 41 heavy (non-hydrogen) atoms. The number of hydrogen-bond acceptors (Lipinski definition) is 5. The predicted octanol–water partition coefficient (Wildman–Crippen LogP) is 5.13. The number of fused-ring (bicyclic) bond motifs is 3. The van der Waals surface area contributed by atoms with Crippen molar-refractivity contribution in [1.82, 2.24) is 14.7 Å². The molecule has 210 valence electrons. The molecule has 2 saturated heterocycles. The molecule has 2 aliphatic rings. The third kappa shape index (κ3) is 4.55. The van der Waals surface area contributed by atoms with E-state index in [1.165, 1.54) is 49.0 Å². The maximum atomic E-state index is 15.8. The molecular formula is C31H28F3N5O2. The number of nitrogens with two attached hydrogens (primary N) is 1. The first-order valence-electron chi connectivity index (χ1n) is 13.5. The SMILES string of the molecule is CC(C)(O)Cn1ncc2cc(-c3ccc(C(=O)N4[C@@H]5CC[C@H]4[C@@H](N)C5)cc3-c3ccc(C#N)c(F)c3)c(F)c(F)c21. The molecule has 3 N–H and O–H groups in total. The quantitative estimate of drug-likeness (QED) is 0.352. The van der Waals surface area contributed by atoms with Gasteiger partial charge in [0, 0.05) is 34.6 Å². The fourth-order valence-electron chi connectivity index (χ4n) is 6.29. The van der Waals surface area contributed by atoms with E-state index in [2.05, 4.69) is 5.10 Å². The smallest absolute Gasteiger partial charge is 0.254 e. The van der Waals surface area contributed by atoms with E-state index in [-0.39, 0.29) is 52.8 Å². The topological polar surface area (TPSA) is 108 Å². The lowest BCUT2D eigenvalue weighted by atomic mass is 9.91. The van der Waals surface area contributed by atoms with Crippen LogP contribution in [-0.2, 0) is 6.54 Å². The number of nitrogens with zero attached hydrogens (tertiary/aromatic N) is 4. The van der Waals surface area contributed by atoms with Gasteiger partial charge in [-0.15, -0.1) is 0 Å². The lowest BCUT2D eigenvalue weighted by molar-refractivity contribution is 0.0589. The molecule has 0 radical (unpaired) electrons. The molecule has 4 aromatic rings. The third-order valence-corrected chi connectivity index (χ3v) is 8.12. The van der Waals surface area contributed by atoms with E-state index in [4.69, 9.17) is 5.73 Å². The van der Waals surface area contributed by atoms with Crippen LogP contribution in [0.4, 0.5) is 13.2 Å². The molecule has 1 amide bonds. The van der Waals surface area contributed by atoms with Gasteiger partial charge in [-0.1, -0.05) is 12.1 Å². The van der Waals surface area contributed by atoms with Gasteiger partial charge in [0.05, 0.1) is 23.9 Å². The summed E-state index contributed by atoms with van der Waals surface area (Å²) in [5.41, 5.74) is 5.83. The highest BCUT2D eigenvalue weighted by Crippen LogP contribution is 2.41. The van der Waals surface area contributed by atoms with E-state index in [0.717, 1.165) is 25.3 Å². The zero-order valence-electron chi connectivity index (χ0n) is 22.5. The Morgan fingerprint density at radius 1 is 1.10 bits per heavy atom. The second-order valence-electron chi connectivity index (χ2n) is 11.6. The molecule has 3 atom stereocenters. The highest BCUT2D eigenvalue weighted by molar-refractivity contribution is 5.99. The summed E-state index contributed by atoms with van der Waals surface area (Å²) >= 11 is 0. The fourth-order valence-corrected chi connectivity index (χ4v) is 6.29. The molecule has 1 aromatic heterocycles. The van der Waals surface area contributed by atoms with Gasteiger partial charge in [-0.05, 0) is 80.1 Å². The maximum absolute atomic E-state index is 15.8. The highest BCUT2D eigenvalue weighted by Gasteiger charge is 2.47. The first-order valence-corrected chi connectivity index (χ1v) is 13.5. The Morgan fingerprint density at radius 2 is 1.88 bits per heavy atom. The van der Waals surface area contributed by atoms with E-state index < -0.39 is 23.1 Å². The van der Waals surface area contributed by atoms with E-state index in [0.29, 0.717) is 22.1 Å². The molecule has 10 heteroatoms. The molecule has 2 aliphatic heterocycles. The normalized spacial score (nSPS) is 20.1. The van der Waals surface area contributed by atoms with E-state index >= 15 is 8.78 Å². The summed E-state index contributed by atoms with van der Waals surface area (Å²) < 4.78 is 47.3. The van der Waals surface area contributed by atoms with Crippen LogP contribution in [0.1, 0.15) is 49.0 Å². The molecular weight excluding hydrogens is 531 g/mol. The van der Waals surface area contributed by atoms with Crippen LogP contribution in [0.2, 0.25) is 0 Å². The minimum Gasteiger partial charge on any atom is -0.389 e. The zero-order valence-corrected chi connectivity index (χ0v) is 22.5. The third-order valence-electron chi connectivity index (χ3n) is 8.12. The molecule has 0 unspecified atom stereocenters. The monoisotopic (exact) mass is 559 g/mol. The number of benzene rings is 3. The molecule has 7 nitrogen and oxygen atoms in total. The summed E-state index contributed by atoms with van der Waals surface area (Å²) in [6.07, 6.45) is 3.82. The molecule has 0 saturated carbocycles. The van der Waals surface area contributed by atoms with Gasteiger partial charge < -0.3 is 15.7 Å². The minimum absolute atomic E-state index is 0.0485. The number of rotatable bonds is 5. The van der Waals surface area contributed by atoms with Gasteiger partial charge in [-0.3, -0.25) is 9.48 Å². The second kappa shape index (κ2) is 9.72. The Balaban J connectivity index is 1.51. The Labute approximate surface area is 234 Å². The number of amides is 1. The maximum Gasteiger partial charge on any atom is 0.254 e. The number of hydrogen-bond donors (Lipinski definition) is 2. The van der Waals surface area contributed by atoms with Crippen LogP contribution in [0.25, 0.3) is 33.2 Å². The molecule has 6 rings (SSSR count). The first-order chi connectivity index (χ1) is 19.5. The van der Waals surface area contributed by atoms with Crippen molar-refractivity contribution in [3.8, 4) is 28.3 Å². The Kier molecular flexibility index (Phi) is 6.40. The summed E-state index contributed by atoms with van der Waals surface area (Å²) in [6, 6.07) is 11.7.